The molecule has 0 saturated heterocycles. The lowest BCUT2D eigenvalue weighted by Gasteiger charge is -1.97. The Morgan fingerprint density at radius 2 is 2.14 bits per heavy atom. The van der Waals surface area contributed by atoms with E-state index in [1.54, 1.807) is 0 Å². The Balaban J connectivity index is 2.46. The molecule has 2 rings (SSSR count). The number of nitrogens with zero attached hydrogens (tertiary/aromatic N) is 2. The Morgan fingerprint density at radius 1 is 1.29 bits per heavy atom. The summed E-state index contributed by atoms with van der Waals surface area (Å²) < 4.78 is 0. The van der Waals surface area contributed by atoms with Gasteiger partial charge in [0.15, 0.2) is 0 Å². The second kappa shape index (κ2) is 4.00. The highest BCUT2D eigenvalue weighted by atomic mass is 79.9. The van der Waals surface area contributed by atoms with Crippen LogP contribution in [-0.2, 0) is 6.42 Å². The number of amides is 2. The van der Waals surface area contributed by atoms with Crippen LogP contribution in [0.4, 0.5) is 4.79 Å². The van der Waals surface area contributed by atoms with Crippen LogP contribution in [-0.4, -0.2) is 11.4 Å². The van der Waals surface area contributed by atoms with Gasteiger partial charge >= 0.3 is 6.03 Å². The quantitative estimate of drug-likeness (QED) is 0.750. The lowest BCUT2D eigenvalue weighted by atomic mass is 10.1. The van der Waals surface area contributed by atoms with E-state index in [0.29, 0.717) is 5.36 Å². The Kier molecular flexibility index (Phi) is 2.72. The molecule has 0 fully saturated rings. The minimum absolute atomic E-state index is 0.383. The zero-order valence-electron chi connectivity index (χ0n) is 7.53. The molecule has 0 saturated carbocycles. The van der Waals surface area contributed by atoms with Gasteiger partial charge in [-0.2, -0.15) is 9.98 Å². The average Bonchev–Trinajstić information content (AvgIpc) is 2.55. The van der Waals surface area contributed by atoms with Gasteiger partial charge in [-0.1, -0.05) is 28.1 Å². The third-order valence-electron chi connectivity index (χ3n) is 2.10. The number of fused-ring (bicyclic) bond motifs is 1. The summed E-state index contributed by atoms with van der Waals surface area (Å²) in [7, 11) is 0. The molecular formula is C10H9BrN2O. The number of carbonyl (C=O) groups is 1. The van der Waals surface area contributed by atoms with E-state index < -0.39 is 0 Å². The molecule has 0 bridgehead atoms. The molecule has 72 valence electrons. The summed E-state index contributed by atoms with van der Waals surface area (Å²) in [4.78, 5) is 18.7. The minimum atomic E-state index is -0.383. The fourth-order valence-corrected chi connectivity index (χ4v) is 1.76. The van der Waals surface area contributed by atoms with Crippen LogP contribution in [0.2, 0.25) is 0 Å². The zero-order chi connectivity index (χ0) is 9.97. The van der Waals surface area contributed by atoms with Gasteiger partial charge in [-0.3, -0.25) is 0 Å². The lowest BCUT2D eigenvalue weighted by molar-refractivity contribution is 0.256. The normalized spacial score (nSPS) is 13.4. The van der Waals surface area contributed by atoms with Gasteiger partial charge in [0.1, 0.15) is 0 Å². The molecular weight excluding hydrogens is 244 g/mol. The smallest absolute Gasteiger partial charge is 0.244 e. The molecule has 0 aliphatic carbocycles. The number of hydrogen-bond donors (Lipinski definition) is 0. The second-order valence-corrected chi connectivity index (χ2v) is 3.88. The van der Waals surface area contributed by atoms with Crippen LogP contribution < -0.4 is 10.7 Å². The van der Waals surface area contributed by atoms with E-state index in [4.69, 9.17) is 0 Å². The van der Waals surface area contributed by atoms with Crippen molar-refractivity contribution in [1.82, 2.24) is 0 Å². The van der Waals surface area contributed by atoms with Gasteiger partial charge in [-0.05, 0) is 24.5 Å². The highest BCUT2D eigenvalue weighted by molar-refractivity contribution is 9.09. The zero-order valence-corrected chi connectivity index (χ0v) is 9.12. The van der Waals surface area contributed by atoms with Crippen molar-refractivity contribution in [2.45, 2.75) is 12.8 Å². The third kappa shape index (κ3) is 1.75. The fraction of sp³-hybridized carbons (Fsp3) is 0.300. The molecule has 0 aromatic heterocycles. The second-order valence-electron chi connectivity index (χ2n) is 3.08. The third-order valence-corrected chi connectivity index (χ3v) is 2.66. The lowest BCUT2D eigenvalue weighted by Crippen LogP contribution is -2.25. The van der Waals surface area contributed by atoms with E-state index in [-0.39, 0.29) is 6.03 Å². The molecule has 4 heteroatoms. The molecule has 1 heterocycles. The molecule has 1 aromatic rings. The van der Waals surface area contributed by atoms with Gasteiger partial charge in [0.2, 0.25) is 0 Å². The number of benzene rings is 1. The molecule has 14 heavy (non-hydrogen) atoms. The Bertz CT molecular complexity index is 481. The number of para-hydroxylation sites is 1. The summed E-state index contributed by atoms with van der Waals surface area (Å²) >= 11 is 3.38. The van der Waals surface area contributed by atoms with E-state index in [9.17, 15) is 4.79 Å². The van der Waals surface area contributed by atoms with Crippen molar-refractivity contribution in [2.75, 3.05) is 5.33 Å². The molecule has 1 aromatic carbocycles. The molecule has 0 spiro atoms. The van der Waals surface area contributed by atoms with Crippen molar-refractivity contribution in [3.05, 3.63) is 34.5 Å². The van der Waals surface area contributed by atoms with E-state index in [2.05, 4.69) is 25.9 Å². The predicted molar refractivity (Wildman–Crippen MR) is 56.3 cm³/mol. The van der Waals surface area contributed by atoms with Crippen molar-refractivity contribution >= 4 is 22.0 Å². The molecule has 0 atom stereocenters. The topological polar surface area (TPSA) is 41.8 Å². The van der Waals surface area contributed by atoms with Crippen molar-refractivity contribution in [1.29, 1.82) is 0 Å². The average molecular weight is 253 g/mol. The van der Waals surface area contributed by atoms with Gasteiger partial charge in [-0.25, -0.2) is 4.79 Å². The van der Waals surface area contributed by atoms with Crippen molar-refractivity contribution in [2.24, 2.45) is 9.98 Å². The van der Waals surface area contributed by atoms with Gasteiger partial charge in [0.25, 0.3) is 0 Å². The molecule has 1 aliphatic rings. The number of urea groups is 1. The SMILES string of the molecule is O=C1N=c2cccc(CCCBr)c2=N1. The van der Waals surface area contributed by atoms with Crippen molar-refractivity contribution < 1.29 is 4.79 Å². The first-order valence-corrected chi connectivity index (χ1v) is 5.58. The van der Waals surface area contributed by atoms with Crippen LogP contribution in [0.15, 0.2) is 28.2 Å². The van der Waals surface area contributed by atoms with Crippen LogP contribution >= 0.6 is 15.9 Å². The maximum absolute atomic E-state index is 11.0. The van der Waals surface area contributed by atoms with Gasteiger partial charge < -0.3 is 0 Å². The maximum atomic E-state index is 11.0. The number of alkyl halides is 1. The van der Waals surface area contributed by atoms with E-state index in [0.717, 1.165) is 29.1 Å². The minimum Gasteiger partial charge on any atom is -0.244 e. The number of hydrogen-bond acceptors (Lipinski definition) is 1. The summed E-state index contributed by atoms with van der Waals surface area (Å²) in [5, 5.41) is 2.43. The number of aryl methyl sites for hydroxylation is 1. The Labute approximate surface area is 89.7 Å². The molecule has 0 radical (unpaired) electrons. The van der Waals surface area contributed by atoms with Gasteiger partial charge in [-0.15, -0.1) is 0 Å². The van der Waals surface area contributed by atoms with Crippen LogP contribution in [0.5, 0.6) is 0 Å². The Morgan fingerprint density at radius 3 is 2.93 bits per heavy atom. The standard InChI is InChI=1S/C10H9BrN2O/c11-6-2-4-7-3-1-5-8-9(7)13-10(14)12-8/h1,3,5H,2,4,6H2. The Hall–Kier alpha value is -1.03. The summed E-state index contributed by atoms with van der Waals surface area (Å²) in [6.45, 7) is 0. The largest absolute Gasteiger partial charge is 0.368 e. The molecule has 3 nitrogen and oxygen atoms in total. The van der Waals surface area contributed by atoms with E-state index in [1.807, 2.05) is 18.2 Å². The first kappa shape index (κ1) is 9.52. The van der Waals surface area contributed by atoms with Crippen molar-refractivity contribution in [3.63, 3.8) is 0 Å². The van der Waals surface area contributed by atoms with Gasteiger partial charge in [0.05, 0.1) is 10.7 Å². The van der Waals surface area contributed by atoms with Gasteiger partial charge in [0, 0.05) is 5.33 Å². The number of halogens is 1. The number of carbonyl (C=O) groups excluding carboxylic acids is 1. The highest BCUT2D eigenvalue weighted by Crippen LogP contribution is 1.99. The van der Waals surface area contributed by atoms with Crippen molar-refractivity contribution in [3.8, 4) is 0 Å². The van der Waals surface area contributed by atoms with E-state index in [1.165, 1.54) is 0 Å². The highest BCUT2D eigenvalue weighted by Gasteiger charge is 2.07. The summed E-state index contributed by atoms with van der Waals surface area (Å²) in [6, 6.07) is 5.35. The molecule has 0 N–H and O–H groups in total. The van der Waals surface area contributed by atoms with Crippen LogP contribution in [0, 0.1) is 0 Å². The number of rotatable bonds is 3. The van der Waals surface area contributed by atoms with Crippen LogP contribution in [0.25, 0.3) is 0 Å². The monoisotopic (exact) mass is 252 g/mol. The molecule has 2 amide bonds. The fourth-order valence-electron chi connectivity index (χ4n) is 1.48. The first-order valence-electron chi connectivity index (χ1n) is 4.46. The summed E-state index contributed by atoms with van der Waals surface area (Å²) in [5.41, 5.74) is 1.11. The molecule has 1 aliphatic heterocycles. The van der Waals surface area contributed by atoms with E-state index >= 15 is 0 Å². The summed E-state index contributed by atoms with van der Waals surface area (Å²) in [6.07, 6.45) is 1.97. The molecule has 0 unspecified atom stereocenters. The van der Waals surface area contributed by atoms with Crippen LogP contribution in [0.3, 0.4) is 0 Å². The first-order chi connectivity index (χ1) is 6.81. The maximum Gasteiger partial charge on any atom is 0.368 e. The summed E-state index contributed by atoms with van der Waals surface area (Å²) in [5.74, 6) is 0. The van der Waals surface area contributed by atoms with Crippen LogP contribution in [0.1, 0.15) is 12.0 Å². The predicted octanol–water partition coefficient (Wildman–Crippen LogP) is 1.39.